The molecule has 2 heterocycles. The Kier molecular flexibility index (Phi) is 5.07. The number of aryl methyl sites for hydroxylation is 2. The fraction of sp³-hybridized carbons (Fsp3) is 0.167. The van der Waals surface area contributed by atoms with Crippen molar-refractivity contribution in [2.45, 2.75) is 13.1 Å². The normalized spacial score (nSPS) is 11.6. The van der Waals surface area contributed by atoms with E-state index in [9.17, 15) is 31.1 Å². The number of anilines is 1. The number of carbonyl (C=O) groups excluding carboxylic acids is 1. The van der Waals surface area contributed by atoms with Crippen molar-refractivity contribution in [3.63, 3.8) is 0 Å². The van der Waals surface area contributed by atoms with Gasteiger partial charge in [-0.15, -0.1) is 0 Å². The third-order valence-electron chi connectivity index (χ3n) is 4.01. The van der Waals surface area contributed by atoms with Gasteiger partial charge in [0.2, 0.25) is 0 Å². The molecule has 0 unspecified atom stereocenters. The van der Waals surface area contributed by atoms with Crippen LogP contribution in [0, 0.1) is 24.4 Å². The Labute approximate surface area is 160 Å². The number of rotatable bonds is 3. The summed E-state index contributed by atoms with van der Waals surface area (Å²) < 4.78 is 82.9. The Morgan fingerprint density at radius 1 is 1.03 bits per heavy atom. The molecule has 0 aliphatic heterocycles. The molecule has 0 fully saturated rings. The van der Waals surface area contributed by atoms with E-state index in [1.54, 1.807) is 0 Å². The van der Waals surface area contributed by atoms with Crippen molar-refractivity contribution in [1.29, 1.82) is 0 Å². The summed E-state index contributed by atoms with van der Waals surface area (Å²) in [4.78, 5) is 15.8. The second kappa shape index (κ2) is 7.22. The lowest BCUT2D eigenvalue weighted by atomic mass is 10.0. The molecule has 3 rings (SSSR count). The Morgan fingerprint density at radius 2 is 1.72 bits per heavy atom. The first-order valence-corrected chi connectivity index (χ1v) is 8.00. The highest BCUT2D eigenvalue weighted by atomic mass is 19.4. The Hall–Kier alpha value is -3.37. The van der Waals surface area contributed by atoms with E-state index >= 15 is 0 Å². The van der Waals surface area contributed by atoms with Gasteiger partial charge >= 0.3 is 6.18 Å². The van der Waals surface area contributed by atoms with E-state index in [0.717, 1.165) is 17.1 Å². The zero-order valence-electron chi connectivity index (χ0n) is 14.9. The summed E-state index contributed by atoms with van der Waals surface area (Å²) in [5, 5.41) is 5.26. The number of hydrogen-bond donors (Lipinski definition) is 1. The molecule has 0 aliphatic carbocycles. The van der Waals surface area contributed by atoms with E-state index in [2.05, 4.69) is 10.1 Å². The minimum absolute atomic E-state index is 0.158. The minimum atomic E-state index is -4.89. The lowest BCUT2D eigenvalue weighted by molar-refractivity contribution is -0.141. The van der Waals surface area contributed by atoms with E-state index < -0.39 is 57.6 Å². The van der Waals surface area contributed by atoms with Crippen molar-refractivity contribution in [3.05, 3.63) is 65.0 Å². The number of benzene rings is 1. The molecule has 1 N–H and O–H groups in total. The molecular weight excluding hydrogens is 402 g/mol. The van der Waals surface area contributed by atoms with Crippen LogP contribution in [0.2, 0.25) is 0 Å². The van der Waals surface area contributed by atoms with Crippen LogP contribution in [0.4, 0.5) is 32.0 Å². The smallest absolute Gasteiger partial charge is 0.319 e. The summed E-state index contributed by atoms with van der Waals surface area (Å²) in [5.74, 6) is -4.47. The van der Waals surface area contributed by atoms with Crippen molar-refractivity contribution in [2.24, 2.45) is 7.05 Å². The first kappa shape index (κ1) is 20.4. The average molecular weight is 414 g/mol. The van der Waals surface area contributed by atoms with Gasteiger partial charge in [0.05, 0.1) is 17.4 Å². The molecule has 0 radical (unpaired) electrons. The zero-order chi connectivity index (χ0) is 21.5. The van der Waals surface area contributed by atoms with Gasteiger partial charge < -0.3 is 5.32 Å². The molecule has 0 atom stereocenters. The number of hydrogen-bond acceptors (Lipinski definition) is 3. The summed E-state index contributed by atoms with van der Waals surface area (Å²) in [5.41, 5.74) is -3.66. The number of halogens is 6. The van der Waals surface area contributed by atoms with E-state index in [-0.39, 0.29) is 5.56 Å². The Balaban J connectivity index is 2.01. The maximum atomic E-state index is 14.5. The van der Waals surface area contributed by atoms with Crippen LogP contribution in [0.5, 0.6) is 0 Å². The van der Waals surface area contributed by atoms with Crippen molar-refractivity contribution < 1.29 is 31.1 Å². The maximum absolute atomic E-state index is 14.5. The molecule has 2 aromatic heterocycles. The van der Waals surface area contributed by atoms with Gasteiger partial charge in [-0.05, 0) is 18.6 Å². The van der Waals surface area contributed by atoms with Crippen LogP contribution in [0.15, 0.2) is 30.7 Å². The fourth-order valence-electron chi connectivity index (χ4n) is 2.75. The van der Waals surface area contributed by atoms with E-state index in [1.807, 2.05) is 5.32 Å². The monoisotopic (exact) mass is 414 g/mol. The molecule has 152 valence electrons. The highest BCUT2D eigenvalue weighted by Gasteiger charge is 2.38. The lowest BCUT2D eigenvalue weighted by Crippen LogP contribution is -2.17. The third-order valence-corrected chi connectivity index (χ3v) is 4.01. The van der Waals surface area contributed by atoms with Gasteiger partial charge in [0, 0.05) is 36.6 Å². The molecule has 11 heteroatoms. The number of nitrogens with zero attached hydrogens (tertiary/aromatic N) is 3. The highest BCUT2D eigenvalue weighted by Crippen LogP contribution is 2.38. The summed E-state index contributed by atoms with van der Waals surface area (Å²) in [7, 11) is 1.20. The molecule has 5 nitrogen and oxygen atoms in total. The Bertz CT molecular complexity index is 1090. The van der Waals surface area contributed by atoms with Crippen molar-refractivity contribution in [3.8, 4) is 11.1 Å². The van der Waals surface area contributed by atoms with Gasteiger partial charge in [0.15, 0.2) is 11.5 Å². The first-order chi connectivity index (χ1) is 13.5. The molecular formula is C18H12F6N4O. The zero-order valence-corrected chi connectivity index (χ0v) is 14.9. The largest absolute Gasteiger partial charge is 0.435 e. The quantitative estimate of drug-likeness (QED) is 0.643. The topological polar surface area (TPSA) is 59.8 Å². The van der Waals surface area contributed by atoms with Gasteiger partial charge in [-0.1, -0.05) is 0 Å². The molecule has 0 spiro atoms. The molecule has 0 saturated heterocycles. The molecule has 1 amide bonds. The van der Waals surface area contributed by atoms with Crippen LogP contribution in [-0.2, 0) is 13.2 Å². The standard InChI is InChI=1S/C18H12F6N4O/c1-8-5-25-6-13(21)15(8)17(29)26-14-4-11(19)9(3-12(14)20)10-7-28(2)27-16(10)18(22,23)24/h3-7H,1-2H3,(H,26,29). The number of amides is 1. The maximum Gasteiger partial charge on any atom is 0.435 e. The second-order valence-electron chi connectivity index (χ2n) is 6.14. The Morgan fingerprint density at radius 3 is 2.34 bits per heavy atom. The van der Waals surface area contributed by atoms with Crippen LogP contribution in [0.3, 0.4) is 0 Å². The first-order valence-electron chi connectivity index (χ1n) is 8.00. The molecule has 29 heavy (non-hydrogen) atoms. The molecule has 0 aliphatic rings. The second-order valence-corrected chi connectivity index (χ2v) is 6.14. The molecule has 0 bridgehead atoms. The SMILES string of the molecule is Cc1cncc(F)c1C(=O)Nc1cc(F)c(-c2cn(C)nc2C(F)(F)F)cc1F. The van der Waals surface area contributed by atoms with Crippen LogP contribution < -0.4 is 5.32 Å². The van der Waals surface area contributed by atoms with Crippen LogP contribution in [-0.4, -0.2) is 20.7 Å². The molecule has 0 saturated carbocycles. The average Bonchev–Trinajstić information content (AvgIpc) is 2.99. The number of carbonyl (C=O) groups is 1. The van der Waals surface area contributed by atoms with E-state index in [0.29, 0.717) is 12.1 Å². The van der Waals surface area contributed by atoms with Gasteiger partial charge in [-0.25, -0.2) is 13.2 Å². The summed E-state index contributed by atoms with van der Waals surface area (Å²) in [6.45, 7) is 1.39. The van der Waals surface area contributed by atoms with Crippen LogP contribution >= 0.6 is 0 Å². The summed E-state index contributed by atoms with van der Waals surface area (Å²) in [6, 6.07) is 1.02. The third kappa shape index (κ3) is 3.93. The number of aromatic nitrogens is 3. The molecule has 1 aromatic carbocycles. The van der Waals surface area contributed by atoms with Crippen molar-refractivity contribution in [2.75, 3.05) is 5.32 Å². The van der Waals surface area contributed by atoms with Crippen molar-refractivity contribution in [1.82, 2.24) is 14.8 Å². The van der Waals surface area contributed by atoms with E-state index in [4.69, 9.17) is 0 Å². The predicted molar refractivity (Wildman–Crippen MR) is 90.4 cm³/mol. The number of pyridine rings is 1. The number of nitrogens with one attached hydrogen (secondary N) is 1. The fourth-order valence-corrected chi connectivity index (χ4v) is 2.75. The molecule has 3 aromatic rings. The predicted octanol–water partition coefficient (Wildman–Crippen LogP) is 4.48. The van der Waals surface area contributed by atoms with Gasteiger partial charge in [0.25, 0.3) is 5.91 Å². The number of alkyl halides is 3. The minimum Gasteiger partial charge on any atom is -0.319 e. The van der Waals surface area contributed by atoms with E-state index in [1.165, 1.54) is 20.2 Å². The lowest BCUT2D eigenvalue weighted by Gasteiger charge is -2.12. The van der Waals surface area contributed by atoms with Gasteiger partial charge in [-0.3, -0.25) is 14.5 Å². The van der Waals surface area contributed by atoms with Crippen molar-refractivity contribution >= 4 is 11.6 Å². The van der Waals surface area contributed by atoms with Crippen LogP contribution in [0.1, 0.15) is 21.6 Å². The van der Waals surface area contributed by atoms with Crippen LogP contribution in [0.25, 0.3) is 11.1 Å². The van der Waals surface area contributed by atoms with Gasteiger partial charge in [0.1, 0.15) is 11.6 Å². The highest BCUT2D eigenvalue weighted by molar-refractivity contribution is 6.05. The van der Waals surface area contributed by atoms with Gasteiger partial charge in [-0.2, -0.15) is 18.3 Å². The summed E-state index contributed by atoms with van der Waals surface area (Å²) >= 11 is 0. The summed E-state index contributed by atoms with van der Waals surface area (Å²) in [6.07, 6.45) is -2.00.